The SMILES string of the molecule is COC(=O)c1cccc(C2=CC(c3ccc(OC)cc3)NN2)c1. The van der Waals surface area contributed by atoms with Crippen molar-refractivity contribution in [2.75, 3.05) is 14.2 Å². The first-order chi connectivity index (χ1) is 11.2. The molecule has 0 aliphatic carbocycles. The van der Waals surface area contributed by atoms with Crippen LogP contribution in [0.25, 0.3) is 5.70 Å². The van der Waals surface area contributed by atoms with E-state index >= 15 is 0 Å². The molecule has 1 atom stereocenters. The minimum Gasteiger partial charge on any atom is -0.497 e. The average molecular weight is 310 g/mol. The van der Waals surface area contributed by atoms with Crippen molar-refractivity contribution in [1.82, 2.24) is 10.9 Å². The van der Waals surface area contributed by atoms with Crippen LogP contribution >= 0.6 is 0 Å². The molecule has 0 amide bonds. The van der Waals surface area contributed by atoms with Crippen LogP contribution in [0.3, 0.4) is 0 Å². The molecule has 0 saturated carbocycles. The number of carbonyl (C=O) groups excluding carboxylic acids is 1. The highest BCUT2D eigenvalue weighted by molar-refractivity contribution is 5.90. The van der Waals surface area contributed by atoms with Crippen LogP contribution in [0.5, 0.6) is 5.75 Å². The normalized spacial score (nSPS) is 16.4. The second-order valence-electron chi connectivity index (χ2n) is 5.17. The first-order valence-corrected chi connectivity index (χ1v) is 7.27. The number of esters is 1. The number of hydrazine groups is 1. The van der Waals surface area contributed by atoms with Crippen LogP contribution < -0.4 is 15.6 Å². The van der Waals surface area contributed by atoms with Gasteiger partial charge in [0.05, 0.1) is 31.5 Å². The molecule has 5 heteroatoms. The molecule has 118 valence electrons. The summed E-state index contributed by atoms with van der Waals surface area (Å²) < 4.78 is 9.93. The number of ether oxygens (including phenoxy) is 2. The molecule has 3 rings (SSSR count). The van der Waals surface area contributed by atoms with Crippen LogP contribution in [-0.2, 0) is 4.74 Å². The summed E-state index contributed by atoms with van der Waals surface area (Å²) in [5, 5.41) is 0. The Morgan fingerprint density at radius 3 is 2.57 bits per heavy atom. The Morgan fingerprint density at radius 1 is 1.09 bits per heavy atom. The highest BCUT2D eigenvalue weighted by Gasteiger charge is 2.18. The van der Waals surface area contributed by atoms with Gasteiger partial charge in [-0.25, -0.2) is 10.2 Å². The third-order valence-electron chi connectivity index (χ3n) is 3.77. The maximum Gasteiger partial charge on any atom is 0.337 e. The molecule has 0 saturated heterocycles. The number of hydrogen-bond donors (Lipinski definition) is 2. The van der Waals surface area contributed by atoms with Gasteiger partial charge in [0.1, 0.15) is 5.75 Å². The van der Waals surface area contributed by atoms with Crippen molar-refractivity contribution in [3.63, 3.8) is 0 Å². The zero-order valence-corrected chi connectivity index (χ0v) is 13.0. The van der Waals surface area contributed by atoms with Crippen molar-refractivity contribution in [2.24, 2.45) is 0 Å². The van der Waals surface area contributed by atoms with E-state index in [0.29, 0.717) is 5.56 Å². The van der Waals surface area contributed by atoms with Gasteiger partial charge >= 0.3 is 5.97 Å². The highest BCUT2D eigenvalue weighted by Crippen LogP contribution is 2.26. The lowest BCUT2D eigenvalue weighted by Crippen LogP contribution is -2.26. The third kappa shape index (κ3) is 3.19. The molecular formula is C18H18N2O3. The van der Waals surface area contributed by atoms with E-state index in [0.717, 1.165) is 22.6 Å². The standard InChI is InChI=1S/C18H18N2O3/c1-22-15-8-6-12(7-9-15)16-11-17(20-19-16)13-4-3-5-14(10-13)18(21)23-2/h3-11,16,19-20H,1-2H3. The van der Waals surface area contributed by atoms with Gasteiger partial charge in [-0.2, -0.15) is 0 Å². The van der Waals surface area contributed by atoms with Crippen LogP contribution in [0.1, 0.15) is 27.5 Å². The monoisotopic (exact) mass is 310 g/mol. The Hall–Kier alpha value is -2.79. The average Bonchev–Trinajstić information content (AvgIpc) is 3.11. The van der Waals surface area contributed by atoms with Gasteiger partial charge in [-0.15, -0.1) is 0 Å². The maximum absolute atomic E-state index is 11.6. The minimum absolute atomic E-state index is 0.0534. The van der Waals surface area contributed by atoms with Crippen molar-refractivity contribution in [1.29, 1.82) is 0 Å². The van der Waals surface area contributed by atoms with Crippen LogP contribution in [0.15, 0.2) is 54.6 Å². The summed E-state index contributed by atoms with van der Waals surface area (Å²) in [4.78, 5) is 11.6. The summed E-state index contributed by atoms with van der Waals surface area (Å²) in [6.07, 6.45) is 2.08. The molecule has 1 heterocycles. The van der Waals surface area contributed by atoms with Gasteiger partial charge < -0.3 is 14.9 Å². The van der Waals surface area contributed by atoms with E-state index < -0.39 is 0 Å². The van der Waals surface area contributed by atoms with Crippen LogP contribution in [-0.4, -0.2) is 20.2 Å². The Kier molecular flexibility index (Phi) is 4.30. The summed E-state index contributed by atoms with van der Waals surface area (Å²) in [6.45, 7) is 0. The number of benzene rings is 2. The van der Waals surface area contributed by atoms with Gasteiger partial charge in [-0.1, -0.05) is 24.3 Å². The van der Waals surface area contributed by atoms with Crippen LogP contribution in [0.4, 0.5) is 0 Å². The zero-order chi connectivity index (χ0) is 16.2. The lowest BCUT2D eigenvalue weighted by molar-refractivity contribution is 0.0600. The van der Waals surface area contributed by atoms with Gasteiger partial charge in [-0.05, 0) is 41.5 Å². The summed E-state index contributed by atoms with van der Waals surface area (Å²) in [5.74, 6) is 0.486. The molecule has 0 fully saturated rings. The van der Waals surface area contributed by atoms with E-state index in [4.69, 9.17) is 9.47 Å². The van der Waals surface area contributed by atoms with Gasteiger partial charge in [0.15, 0.2) is 0 Å². The molecule has 2 aromatic rings. The van der Waals surface area contributed by atoms with Crippen molar-refractivity contribution >= 4 is 11.7 Å². The van der Waals surface area contributed by atoms with E-state index in [-0.39, 0.29) is 12.0 Å². The Bertz CT molecular complexity index is 738. The van der Waals surface area contributed by atoms with Gasteiger partial charge in [0.25, 0.3) is 0 Å². The quantitative estimate of drug-likeness (QED) is 0.850. The summed E-state index contributed by atoms with van der Waals surface area (Å²) in [6, 6.07) is 15.3. The Balaban J connectivity index is 1.83. The largest absolute Gasteiger partial charge is 0.497 e. The highest BCUT2D eigenvalue weighted by atomic mass is 16.5. The first-order valence-electron chi connectivity index (χ1n) is 7.27. The predicted molar refractivity (Wildman–Crippen MR) is 87.8 cm³/mol. The van der Waals surface area contributed by atoms with Crippen LogP contribution in [0.2, 0.25) is 0 Å². The molecule has 5 nitrogen and oxygen atoms in total. The lowest BCUT2D eigenvalue weighted by atomic mass is 10.0. The van der Waals surface area contributed by atoms with Gasteiger partial charge in [0, 0.05) is 0 Å². The number of nitrogens with one attached hydrogen (secondary N) is 2. The molecule has 2 aromatic carbocycles. The summed E-state index contributed by atoms with van der Waals surface area (Å²) >= 11 is 0. The van der Waals surface area contributed by atoms with Crippen molar-refractivity contribution < 1.29 is 14.3 Å². The maximum atomic E-state index is 11.6. The van der Waals surface area contributed by atoms with E-state index in [1.807, 2.05) is 42.5 Å². The zero-order valence-electron chi connectivity index (χ0n) is 13.0. The number of carbonyl (C=O) groups is 1. The minimum atomic E-state index is -0.342. The molecule has 23 heavy (non-hydrogen) atoms. The molecular weight excluding hydrogens is 292 g/mol. The first kappa shape index (κ1) is 15.1. The van der Waals surface area contributed by atoms with Crippen LogP contribution in [0, 0.1) is 0 Å². The lowest BCUT2D eigenvalue weighted by Gasteiger charge is -2.09. The van der Waals surface area contributed by atoms with Crippen molar-refractivity contribution in [3.8, 4) is 5.75 Å². The fourth-order valence-corrected chi connectivity index (χ4v) is 2.50. The smallest absolute Gasteiger partial charge is 0.337 e. The third-order valence-corrected chi connectivity index (χ3v) is 3.77. The fraction of sp³-hybridized carbons (Fsp3) is 0.167. The Morgan fingerprint density at radius 2 is 1.87 bits per heavy atom. The molecule has 0 bridgehead atoms. The molecule has 0 spiro atoms. The Labute approximate surface area is 134 Å². The molecule has 1 aliphatic heterocycles. The second-order valence-corrected chi connectivity index (χ2v) is 5.17. The molecule has 1 unspecified atom stereocenters. The molecule has 1 aliphatic rings. The molecule has 0 aromatic heterocycles. The van der Waals surface area contributed by atoms with Crippen molar-refractivity contribution in [2.45, 2.75) is 6.04 Å². The van der Waals surface area contributed by atoms with Gasteiger partial charge in [-0.3, -0.25) is 0 Å². The number of hydrogen-bond acceptors (Lipinski definition) is 5. The van der Waals surface area contributed by atoms with E-state index in [2.05, 4.69) is 16.9 Å². The second kappa shape index (κ2) is 6.54. The molecule has 0 radical (unpaired) electrons. The predicted octanol–water partition coefficient (Wildman–Crippen LogP) is 2.67. The summed E-state index contributed by atoms with van der Waals surface area (Å²) in [5.41, 5.74) is 9.89. The number of methoxy groups -OCH3 is 2. The van der Waals surface area contributed by atoms with Crippen molar-refractivity contribution in [3.05, 3.63) is 71.3 Å². The summed E-state index contributed by atoms with van der Waals surface area (Å²) in [7, 11) is 3.03. The van der Waals surface area contributed by atoms with Gasteiger partial charge in [0.2, 0.25) is 0 Å². The van der Waals surface area contributed by atoms with E-state index in [1.165, 1.54) is 7.11 Å². The molecule has 2 N–H and O–H groups in total. The topological polar surface area (TPSA) is 59.6 Å². The van der Waals surface area contributed by atoms with E-state index in [1.54, 1.807) is 13.2 Å². The number of rotatable bonds is 4. The van der Waals surface area contributed by atoms with E-state index in [9.17, 15) is 4.79 Å². The fourth-order valence-electron chi connectivity index (χ4n) is 2.50.